The van der Waals surface area contributed by atoms with E-state index in [1.54, 1.807) is 12.1 Å². The maximum absolute atomic E-state index is 13.2. The first-order chi connectivity index (χ1) is 12.7. The van der Waals surface area contributed by atoms with Gasteiger partial charge in [0.15, 0.2) is 0 Å². The third-order valence-electron chi connectivity index (χ3n) is 5.79. The number of hydrogen-bond acceptors (Lipinski definition) is 2. The molecule has 1 aliphatic heterocycles. The molecule has 152 valence electrons. The van der Waals surface area contributed by atoms with Crippen LogP contribution < -0.4 is 5.32 Å². The van der Waals surface area contributed by atoms with Gasteiger partial charge in [0.2, 0.25) is 0 Å². The Bertz CT molecular complexity index is 569. The Morgan fingerprint density at radius 3 is 2.33 bits per heavy atom. The van der Waals surface area contributed by atoms with E-state index in [1.807, 2.05) is 17.0 Å². The molecule has 0 bridgehead atoms. The molecule has 3 rings (SSSR count). The second-order valence-electron chi connectivity index (χ2n) is 7.66. The fourth-order valence-corrected chi connectivity index (χ4v) is 4.27. The van der Waals surface area contributed by atoms with Crippen molar-refractivity contribution in [2.24, 2.45) is 0 Å². The van der Waals surface area contributed by atoms with E-state index in [0.29, 0.717) is 12.1 Å². The lowest BCUT2D eigenvalue weighted by Crippen LogP contribution is -2.54. The molecule has 4 nitrogen and oxygen atoms in total. The first-order valence-corrected chi connectivity index (χ1v) is 10.2. The molecule has 0 spiro atoms. The molecule has 1 aliphatic carbocycles. The number of piperazine rings is 1. The quantitative estimate of drug-likeness (QED) is 0.778. The van der Waals surface area contributed by atoms with E-state index in [9.17, 15) is 9.18 Å². The van der Waals surface area contributed by atoms with Crippen LogP contribution in [-0.2, 0) is 0 Å². The summed E-state index contributed by atoms with van der Waals surface area (Å²) in [5.41, 5.74) is 1.17. The van der Waals surface area contributed by atoms with Gasteiger partial charge >= 0.3 is 6.03 Å². The molecule has 1 unspecified atom stereocenters. The molecule has 1 N–H and O–H groups in total. The fraction of sp³-hybridized carbons (Fsp3) is 0.667. The van der Waals surface area contributed by atoms with E-state index in [1.165, 1.54) is 24.8 Å². The van der Waals surface area contributed by atoms with Crippen LogP contribution in [0, 0.1) is 5.82 Å². The second-order valence-corrected chi connectivity index (χ2v) is 7.66. The molecule has 1 saturated heterocycles. The predicted octanol–water partition coefficient (Wildman–Crippen LogP) is 4.75. The van der Waals surface area contributed by atoms with Crippen LogP contribution in [0.3, 0.4) is 0 Å². The van der Waals surface area contributed by atoms with Crippen molar-refractivity contribution in [3.8, 4) is 0 Å². The minimum absolute atomic E-state index is 0. The van der Waals surface area contributed by atoms with Crippen LogP contribution in [0.1, 0.15) is 63.5 Å². The van der Waals surface area contributed by atoms with Gasteiger partial charge in [-0.1, -0.05) is 44.7 Å². The van der Waals surface area contributed by atoms with Crippen molar-refractivity contribution in [2.75, 3.05) is 26.2 Å². The number of carbonyl (C=O) groups excluding carboxylic acids is 1. The van der Waals surface area contributed by atoms with Crippen LogP contribution >= 0.6 is 12.4 Å². The first kappa shape index (κ1) is 22.0. The number of halogens is 2. The SMILES string of the molecule is CCCC(c1ccc(F)cc1)N1CCN(C(=O)NC2CCCCC2)CC1.Cl. The van der Waals surface area contributed by atoms with Crippen molar-refractivity contribution in [2.45, 2.75) is 64.0 Å². The van der Waals surface area contributed by atoms with Crippen molar-refractivity contribution >= 4 is 18.4 Å². The van der Waals surface area contributed by atoms with Gasteiger partial charge in [-0.05, 0) is 37.0 Å². The zero-order valence-corrected chi connectivity index (χ0v) is 17.1. The van der Waals surface area contributed by atoms with Crippen LogP contribution in [-0.4, -0.2) is 48.1 Å². The smallest absolute Gasteiger partial charge is 0.317 e. The number of nitrogens with one attached hydrogen (secondary N) is 1. The zero-order valence-electron chi connectivity index (χ0n) is 16.3. The fourth-order valence-electron chi connectivity index (χ4n) is 4.27. The molecule has 2 amide bonds. The summed E-state index contributed by atoms with van der Waals surface area (Å²) in [7, 11) is 0. The third kappa shape index (κ3) is 6.08. The van der Waals surface area contributed by atoms with E-state index >= 15 is 0 Å². The highest BCUT2D eigenvalue weighted by atomic mass is 35.5. The second kappa shape index (κ2) is 10.9. The number of carbonyl (C=O) groups is 1. The molecule has 2 aliphatic rings. The maximum atomic E-state index is 13.2. The average molecular weight is 398 g/mol. The lowest BCUT2D eigenvalue weighted by atomic mass is 9.96. The molecular formula is C21H33ClFN3O. The Balaban J connectivity index is 0.00000261. The van der Waals surface area contributed by atoms with Crippen LogP contribution in [0.5, 0.6) is 0 Å². The summed E-state index contributed by atoms with van der Waals surface area (Å²) in [4.78, 5) is 16.9. The Kier molecular flexibility index (Phi) is 8.84. The standard InChI is InChI=1S/C21H32FN3O.ClH/c1-2-6-20(17-9-11-18(22)12-10-17)24-13-15-25(16-14-24)21(26)23-19-7-4-3-5-8-19;/h9-12,19-20H,2-8,13-16H2,1H3,(H,23,26);1H. The summed E-state index contributed by atoms with van der Waals surface area (Å²) in [6.07, 6.45) is 8.14. The van der Waals surface area contributed by atoms with E-state index in [0.717, 1.165) is 51.9 Å². The predicted molar refractivity (Wildman–Crippen MR) is 110 cm³/mol. The topological polar surface area (TPSA) is 35.6 Å². The molecule has 1 atom stereocenters. The molecule has 0 aromatic heterocycles. The van der Waals surface area contributed by atoms with Gasteiger partial charge in [-0.3, -0.25) is 4.90 Å². The summed E-state index contributed by atoms with van der Waals surface area (Å²) < 4.78 is 13.2. The normalized spacial score (nSPS) is 20.0. The largest absolute Gasteiger partial charge is 0.335 e. The average Bonchev–Trinajstić information content (AvgIpc) is 2.68. The van der Waals surface area contributed by atoms with Gasteiger partial charge in [0, 0.05) is 38.3 Å². The number of rotatable bonds is 5. The lowest BCUT2D eigenvalue weighted by molar-refractivity contribution is 0.101. The summed E-state index contributed by atoms with van der Waals surface area (Å²) in [6, 6.07) is 7.67. The lowest BCUT2D eigenvalue weighted by Gasteiger charge is -2.40. The number of hydrogen-bond donors (Lipinski definition) is 1. The Labute approximate surface area is 168 Å². The van der Waals surface area contributed by atoms with Crippen molar-refractivity contribution in [3.05, 3.63) is 35.6 Å². The van der Waals surface area contributed by atoms with Gasteiger partial charge < -0.3 is 10.2 Å². The van der Waals surface area contributed by atoms with Gasteiger partial charge in [0.05, 0.1) is 0 Å². The Morgan fingerprint density at radius 2 is 1.74 bits per heavy atom. The molecule has 2 fully saturated rings. The summed E-state index contributed by atoms with van der Waals surface area (Å²) in [5, 5.41) is 3.22. The van der Waals surface area contributed by atoms with Crippen LogP contribution in [0.4, 0.5) is 9.18 Å². The van der Waals surface area contributed by atoms with Crippen LogP contribution in [0.25, 0.3) is 0 Å². The van der Waals surface area contributed by atoms with Crippen molar-refractivity contribution in [1.82, 2.24) is 15.1 Å². The van der Waals surface area contributed by atoms with Gasteiger partial charge in [0.1, 0.15) is 5.82 Å². The molecule has 1 saturated carbocycles. The summed E-state index contributed by atoms with van der Waals surface area (Å²) in [6.45, 7) is 5.46. The molecule has 1 heterocycles. The molecule has 1 aromatic rings. The van der Waals surface area contributed by atoms with Gasteiger partial charge in [0.25, 0.3) is 0 Å². The highest BCUT2D eigenvalue weighted by molar-refractivity contribution is 5.85. The van der Waals surface area contributed by atoms with Gasteiger partial charge in [-0.15, -0.1) is 12.4 Å². The third-order valence-corrected chi connectivity index (χ3v) is 5.79. The molecule has 27 heavy (non-hydrogen) atoms. The van der Waals surface area contributed by atoms with Gasteiger partial charge in [-0.25, -0.2) is 9.18 Å². The molecule has 1 aromatic carbocycles. The Hall–Kier alpha value is -1.33. The highest BCUT2D eigenvalue weighted by Crippen LogP contribution is 2.27. The van der Waals surface area contributed by atoms with Crippen molar-refractivity contribution < 1.29 is 9.18 Å². The van der Waals surface area contributed by atoms with E-state index in [4.69, 9.17) is 0 Å². The van der Waals surface area contributed by atoms with Crippen LogP contribution in [0.15, 0.2) is 24.3 Å². The minimum atomic E-state index is -0.187. The van der Waals surface area contributed by atoms with E-state index in [2.05, 4.69) is 17.1 Å². The molecular weight excluding hydrogens is 365 g/mol. The number of nitrogens with zero attached hydrogens (tertiary/aromatic N) is 2. The summed E-state index contributed by atoms with van der Waals surface area (Å²) in [5.74, 6) is -0.187. The first-order valence-electron chi connectivity index (χ1n) is 10.2. The van der Waals surface area contributed by atoms with Crippen molar-refractivity contribution in [3.63, 3.8) is 0 Å². The zero-order chi connectivity index (χ0) is 18.4. The number of urea groups is 1. The maximum Gasteiger partial charge on any atom is 0.317 e. The van der Waals surface area contributed by atoms with E-state index in [-0.39, 0.29) is 24.3 Å². The molecule has 0 radical (unpaired) electrons. The van der Waals surface area contributed by atoms with Crippen LogP contribution in [0.2, 0.25) is 0 Å². The van der Waals surface area contributed by atoms with E-state index < -0.39 is 0 Å². The highest BCUT2D eigenvalue weighted by Gasteiger charge is 2.27. The molecule has 6 heteroatoms. The van der Waals surface area contributed by atoms with Gasteiger partial charge in [-0.2, -0.15) is 0 Å². The van der Waals surface area contributed by atoms with Crippen molar-refractivity contribution in [1.29, 1.82) is 0 Å². The minimum Gasteiger partial charge on any atom is -0.335 e. The Morgan fingerprint density at radius 1 is 1.11 bits per heavy atom. The number of benzene rings is 1. The number of amides is 2. The monoisotopic (exact) mass is 397 g/mol. The summed E-state index contributed by atoms with van der Waals surface area (Å²) >= 11 is 0.